The third kappa shape index (κ3) is 3.21. The Kier molecular flexibility index (Phi) is 4.56. The molecule has 0 aromatic heterocycles. The number of aryl methyl sites for hydroxylation is 1. The molecular formula is C20H19OP. The van der Waals surface area contributed by atoms with Gasteiger partial charge in [0.2, 0.25) is 0 Å². The molecule has 0 saturated heterocycles. The minimum Gasteiger partial charge on any atom is -0.497 e. The van der Waals surface area contributed by atoms with Crippen LogP contribution in [0.25, 0.3) is 0 Å². The maximum atomic E-state index is 5.47. The topological polar surface area (TPSA) is 9.23 Å². The molecule has 0 atom stereocenters. The van der Waals surface area contributed by atoms with Crippen LogP contribution in [0, 0.1) is 6.92 Å². The predicted octanol–water partition coefficient (Wildman–Crippen LogP) is 3.76. The van der Waals surface area contributed by atoms with Gasteiger partial charge < -0.3 is 4.74 Å². The van der Waals surface area contributed by atoms with Crippen LogP contribution < -0.4 is 20.7 Å². The predicted molar refractivity (Wildman–Crippen MR) is 96.4 cm³/mol. The van der Waals surface area contributed by atoms with Gasteiger partial charge in [-0.3, -0.25) is 0 Å². The molecule has 0 aliphatic carbocycles. The van der Waals surface area contributed by atoms with Gasteiger partial charge in [0.1, 0.15) is 5.75 Å². The van der Waals surface area contributed by atoms with Gasteiger partial charge in [-0.1, -0.05) is 66.7 Å². The van der Waals surface area contributed by atoms with Crippen LogP contribution in [0.1, 0.15) is 5.56 Å². The Morgan fingerprint density at radius 1 is 0.682 bits per heavy atom. The zero-order valence-electron chi connectivity index (χ0n) is 12.9. The van der Waals surface area contributed by atoms with Crippen molar-refractivity contribution in [2.24, 2.45) is 0 Å². The first kappa shape index (κ1) is 14.8. The molecule has 3 aromatic rings. The fourth-order valence-corrected chi connectivity index (χ4v) is 5.00. The second-order valence-electron chi connectivity index (χ2n) is 5.21. The van der Waals surface area contributed by atoms with E-state index in [0.29, 0.717) is 0 Å². The van der Waals surface area contributed by atoms with Crippen molar-refractivity contribution in [2.45, 2.75) is 6.92 Å². The van der Waals surface area contributed by atoms with E-state index >= 15 is 0 Å². The second-order valence-corrected chi connectivity index (χ2v) is 7.43. The van der Waals surface area contributed by atoms with Crippen LogP contribution in [0.3, 0.4) is 0 Å². The molecule has 0 aliphatic heterocycles. The smallest absolute Gasteiger partial charge is 0.119 e. The molecule has 0 saturated carbocycles. The van der Waals surface area contributed by atoms with Crippen LogP contribution in [0.2, 0.25) is 0 Å². The fourth-order valence-electron chi connectivity index (χ4n) is 2.58. The minimum absolute atomic E-state index is 0.564. The van der Waals surface area contributed by atoms with Gasteiger partial charge in [-0.25, -0.2) is 0 Å². The summed E-state index contributed by atoms with van der Waals surface area (Å²) >= 11 is 0. The molecule has 0 spiro atoms. The van der Waals surface area contributed by atoms with E-state index in [1.54, 1.807) is 7.11 Å². The Labute approximate surface area is 133 Å². The van der Waals surface area contributed by atoms with E-state index in [0.717, 1.165) is 5.75 Å². The van der Waals surface area contributed by atoms with Gasteiger partial charge in [0.25, 0.3) is 0 Å². The summed E-state index contributed by atoms with van der Waals surface area (Å²) in [5, 5.41) is 4.04. The first-order valence-electron chi connectivity index (χ1n) is 7.34. The van der Waals surface area contributed by atoms with E-state index in [2.05, 4.69) is 85.8 Å². The maximum absolute atomic E-state index is 5.47. The zero-order valence-corrected chi connectivity index (χ0v) is 13.8. The number of ether oxygens (including phenoxy) is 1. The van der Waals surface area contributed by atoms with Crippen molar-refractivity contribution in [3.05, 3.63) is 84.4 Å². The third-order valence-corrected chi connectivity index (χ3v) is 5.96. The molecule has 2 heteroatoms. The van der Waals surface area contributed by atoms with Gasteiger partial charge in [0.05, 0.1) is 7.11 Å². The number of methoxy groups -OCH3 is 1. The molecule has 0 aliphatic rings. The summed E-state index contributed by atoms with van der Waals surface area (Å²) < 4.78 is 5.47. The molecule has 0 fully saturated rings. The molecule has 22 heavy (non-hydrogen) atoms. The fraction of sp³-hybridized carbons (Fsp3) is 0.100. The van der Waals surface area contributed by atoms with Crippen LogP contribution in [-0.2, 0) is 0 Å². The monoisotopic (exact) mass is 306 g/mol. The van der Waals surface area contributed by atoms with Gasteiger partial charge in [-0.2, -0.15) is 0 Å². The van der Waals surface area contributed by atoms with E-state index < -0.39 is 7.92 Å². The van der Waals surface area contributed by atoms with E-state index in [-0.39, 0.29) is 0 Å². The van der Waals surface area contributed by atoms with Gasteiger partial charge in [-0.15, -0.1) is 0 Å². The van der Waals surface area contributed by atoms with Crippen LogP contribution in [0.5, 0.6) is 5.75 Å². The average molecular weight is 306 g/mol. The van der Waals surface area contributed by atoms with Crippen molar-refractivity contribution in [3.63, 3.8) is 0 Å². The molecule has 0 bridgehead atoms. The number of hydrogen-bond acceptors (Lipinski definition) is 1. The number of hydrogen-bond donors (Lipinski definition) is 0. The normalized spacial score (nSPS) is 10.7. The molecule has 0 heterocycles. The van der Waals surface area contributed by atoms with Crippen molar-refractivity contribution in [2.75, 3.05) is 7.11 Å². The molecule has 3 rings (SSSR count). The third-order valence-electron chi connectivity index (χ3n) is 3.56. The molecule has 110 valence electrons. The summed E-state index contributed by atoms with van der Waals surface area (Å²) in [7, 11) is 1.16. The van der Waals surface area contributed by atoms with Crippen molar-refractivity contribution < 1.29 is 4.74 Å². The molecule has 1 nitrogen and oxygen atoms in total. The summed E-state index contributed by atoms with van der Waals surface area (Å²) in [6.45, 7) is 2.12. The summed E-state index contributed by atoms with van der Waals surface area (Å²) in [6, 6.07) is 28.0. The Balaban J connectivity index is 2.16. The first-order valence-corrected chi connectivity index (χ1v) is 8.68. The van der Waals surface area contributed by atoms with Crippen molar-refractivity contribution in [1.82, 2.24) is 0 Å². The van der Waals surface area contributed by atoms with Crippen LogP contribution in [0.15, 0.2) is 78.9 Å². The first-order chi connectivity index (χ1) is 10.8. The van der Waals surface area contributed by atoms with E-state index in [1.165, 1.54) is 21.5 Å². The molecular weight excluding hydrogens is 287 g/mol. The molecule has 0 amide bonds. The second kappa shape index (κ2) is 6.77. The van der Waals surface area contributed by atoms with Crippen LogP contribution >= 0.6 is 7.92 Å². The molecule has 0 radical (unpaired) electrons. The number of rotatable bonds is 4. The SMILES string of the molecule is COc1cc(C)cc(P(c2ccccc2)c2ccccc2)c1. The summed E-state index contributed by atoms with van der Waals surface area (Å²) in [4.78, 5) is 0. The standard InChI is InChI=1S/C20H19OP/c1-16-13-17(21-2)15-20(14-16)22(18-9-5-3-6-10-18)19-11-7-4-8-12-19/h3-15H,1-2H3. The Morgan fingerprint density at radius 2 is 1.23 bits per heavy atom. The Bertz CT molecular complexity index is 699. The Morgan fingerprint density at radius 3 is 1.73 bits per heavy atom. The van der Waals surface area contributed by atoms with E-state index in [4.69, 9.17) is 4.74 Å². The largest absolute Gasteiger partial charge is 0.497 e. The van der Waals surface area contributed by atoms with Crippen LogP contribution in [-0.4, -0.2) is 7.11 Å². The highest BCUT2D eigenvalue weighted by molar-refractivity contribution is 7.79. The van der Waals surface area contributed by atoms with Crippen LogP contribution in [0.4, 0.5) is 0 Å². The van der Waals surface area contributed by atoms with Gasteiger partial charge in [-0.05, 0) is 48.5 Å². The highest BCUT2D eigenvalue weighted by atomic mass is 31.1. The van der Waals surface area contributed by atoms with Gasteiger partial charge >= 0.3 is 0 Å². The molecule has 0 N–H and O–H groups in total. The zero-order chi connectivity index (χ0) is 15.4. The Hall–Kier alpha value is -2.11. The lowest BCUT2D eigenvalue weighted by Crippen LogP contribution is -2.20. The quantitative estimate of drug-likeness (QED) is 0.667. The lowest BCUT2D eigenvalue weighted by atomic mass is 10.2. The van der Waals surface area contributed by atoms with Crippen molar-refractivity contribution in [1.29, 1.82) is 0 Å². The average Bonchev–Trinajstić information content (AvgIpc) is 2.56. The van der Waals surface area contributed by atoms with Crippen molar-refractivity contribution >= 4 is 23.8 Å². The summed E-state index contributed by atoms with van der Waals surface area (Å²) in [5.74, 6) is 0.925. The number of benzene rings is 3. The lowest BCUT2D eigenvalue weighted by Gasteiger charge is -2.20. The van der Waals surface area contributed by atoms with Gasteiger partial charge in [0.15, 0.2) is 0 Å². The highest BCUT2D eigenvalue weighted by Gasteiger charge is 2.17. The highest BCUT2D eigenvalue weighted by Crippen LogP contribution is 2.34. The lowest BCUT2D eigenvalue weighted by molar-refractivity contribution is 0.415. The minimum atomic E-state index is -0.564. The summed E-state index contributed by atoms with van der Waals surface area (Å²) in [5.41, 5.74) is 1.23. The van der Waals surface area contributed by atoms with E-state index in [9.17, 15) is 0 Å². The van der Waals surface area contributed by atoms with Gasteiger partial charge in [0, 0.05) is 0 Å². The summed E-state index contributed by atoms with van der Waals surface area (Å²) in [6.07, 6.45) is 0. The maximum Gasteiger partial charge on any atom is 0.119 e. The molecule has 3 aromatic carbocycles. The molecule has 0 unspecified atom stereocenters. The van der Waals surface area contributed by atoms with Crippen molar-refractivity contribution in [3.8, 4) is 5.75 Å². The van der Waals surface area contributed by atoms with E-state index in [1.807, 2.05) is 0 Å².